The monoisotopic (exact) mass is 240 g/mol. The van der Waals surface area contributed by atoms with Gasteiger partial charge in [-0.3, -0.25) is 0 Å². The SMILES string of the molecule is C=C(C(C)Br)C(C)Br. The van der Waals surface area contributed by atoms with E-state index in [9.17, 15) is 0 Å². The van der Waals surface area contributed by atoms with Crippen LogP contribution in [0.4, 0.5) is 0 Å². The molecule has 0 N–H and O–H groups in total. The van der Waals surface area contributed by atoms with Crippen LogP contribution in [0.3, 0.4) is 0 Å². The highest BCUT2D eigenvalue weighted by Crippen LogP contribution is 2.18. The van der Waals surface area contributed by atoms with Gasteiger partial charge in [-0.2, -0.15) is 0 Å². The van der Waals surface area contributed by atoms with Crippen molar-refractivity contribution < 1.29 is 0 Å². The maximum Gasteiger partial charge on any atom is 0.0334 e. The summed E-state index contributed by atoms with van der Waals surface area (Å²) in [5, 5.41) is 0. The number of alkyl halides is 2. The van der Waals surface area contributed by atoms with Crippen molar-refractivity contribution in [1.29, 1.82) is 0 Å². The molecule has 2 unspecified atom stereocenters. The van der Waals surface area contributed by atoms with Crippen molar-refractivity contribution in [3.63, 3.8) is 0 Å². The van der Waals surface area contributed by atoms with Crippen molar-refractivity contribution in [1.82, 2.24) is 0 Å². The van der Waals surface area contributed by atoms with Crippen molar-refractivity contribution in [3.05, 3.63) is 12.2 Å². The van der Waals surface area contributed by atoms with E-state index >= 15 is 0 Å². The van der Waals surface area contributed by atoms with Gasteiger partial charge in [0.05, 0.1) is 0 Å². The number of hydrogen-bond donors (Lipinski definition) is 0. The standard InChI is InChI=1S/C6H10Br2/c1-4(5(2)7)6(3)8/h5-6H,1H2,2-3H3. The number of rotatable bonds is 2. The van der Waals surface area contributed by atoms with Gasteiger partial charge in [0.1, 0.15) is 0 Å². The zero-order chi connectivity index (χ0) is 6.73. The van der Waals surface area contributed by atoms with Crippen molar-refractivity contribution in [2.45, 2.75) is 23.5 Å². The van der Waals surface area contributed by atoms with Crippen molar-refractivity contribution in [3.8, 4) is 0 Å². The Kier molecular flexibility index (Phi) is 4.00. The maximum absolute atomic E-state index is 3.86. The van der Waals surface area contributed by atoms with Gasteiger partial charge >= 0.3 is 0 Å². The predicted molar refractivity (Wildman–Crippen MR) is 45.9 cm³/mol. The second kappa shape index (κ2) is 3.67. The minimum Gasteiger partial charge on any atom is -0.0976 e. The molecule has 0 amide bonds. The van der Waals surface area contributed by atoms with E-state index in [1.165, 1.54) is 5.57 Å². The van der Waals surface area contributed by atoms with Crippen LogP contribution in [0.1, 0.15) is 13.8 Å². The van der Waals surface area contributed by atoms with Crippen molar-refractivity contribution in [2.24, 2.45) is 0 Å². The van der Waals surface area contributed by atoms with Gasteiger partial charge < -0.3 is 0 Å². The van der Waals surface area contributed by atoms with Crippen LogP contribution in [-0.4, -0.2) is 9.65 Å². The summed E-state index contributed by atoms with van der Waals surface area (Å²) in [7, 11) is 0. The van der Waals surface area contributed by atoms with Crippen LogP contribution in [0, 0.1) is 0 Å². The Morgan fingerprint density at radius 1 is 1.25 bits per heavy atom. The highest BCUT2D eigenvalue weighted by atomic mass is 79.9. The predicted octanol–water partition coefficient (Wildman–Crippen LogP) is 3.11. The summed E-state index contributed by atoms with van der Waals surface area (Å²) >= 11 is 6.82. The molecular weight excluding hydrogens is 232 g/mol. The van der Waals surface area contributed by atoms with Gasteiger partial charge in [0, 0.05) is 9.65 Å². The number of halogens is 2. The molecule has 0 aromatic rings. The van der Waals surface area contributed by atoms with E-state index < -0.39 is 0 Å². The quantitative estimate of drug-likeness (QED) is 0.515. The van der Waals surface area contributed by atoms with Gasteiger partial charge in [-0.15, -0.1) is 0 Å². The molecule has 2 heteroatoms. The molecule has 0 spiro atoms. The van der Waals surface area contributed by atoms with E-state index in [0.29, 0.717) is 9.65 Å². The van der Waals surface area contributed by atoms with E-state index in [4.69, 9.17) is 0 Å². The fourth-order valence-electron chi connectivity index (χ4n) is 0.316. The summed E-state index contributed by atoms with van der Waals surface area (Å²) in [6, 6.07) is 0. The molecule has 48 valence electrons. The average molecular weight is 242 g/mol. The lowest BCUT2D eigenvalue weighted by Gasteiger charge is -2.08. The highest BCUT2D eigenvalue weighted by Gasteiger charge is 2.05. The van der Waals surface area contributed by atoms with Gasteiger partial charge in [-0.05, 0) is 13.8 Å². The number of allylic oxidation sites excluding steroid dienone is 1. The maximum atomic E-state index is 3.86. The van der Waals surface area contributed by atoms with Gasteiger partial charge in [-0.25, -0.2) is 0 Å². The molecule has 0 fully saturated rings. The normalized spacial score (nSPS) is 17.5. The molecule has 0 aromatic carbocycles. The molecule has 0 bridgehead atoms. The van der Waals surface area contributed by atoms with E-state index in [0.717, 1.165) is 0 Å². The summed E-state index contributed by atoms with van der Waals surface area (Å²) < 4.78 is 0. The fourth-order valence-corrected chi connectivity index (χ4v) is 1.46. The Hall–Kier alpha value is 0.700. The van der Waals surface area contributed by atoms with Crippen LogP contribution in [0.25, 0.3) is 0 Å². The Morgan fingerprint density at radius 3 is 1.50 bits per heavy atom. The molecule has 0 heterocycles. The summed E-state index contributed by atoms with van der Waals surface area (Å²) in [6.07, 6.45) is 0. The van der Waals surface area contributed by atoms with Gasteiger partial charge in [0.2, 0.25) is 0 Å². The van der Waals surface area contributed by atoms with Crippen LogP contribution in [0.5, 0.6) is 0 Å². The summed E-state index contributed by atoms with van der Waals surface area (Å²) in [4.78, 5) is 0.828. The third-order valence-electron chi connectivity index (χ3n) is 1.02. The second-order valence-electron chi connectivity index (χ2n) is 1.81. The minimum atomic E-state index is 0.414. The zero-order valence-corrected chi connectivity index (χ0v) is 8.29. The summed E-state index contributed by atoms with van der Waals surface area (Å²) in [5.74, 6) is 0. The average Bonchev–Trinajstić information content (AvgIpc) is 1.64. The number of hydrogen-bond acceptors (Lipinski definition) is 0. The van der Waals surface area contributed by atoms with Crippen LogP contribution < -0.4 is 0 Å². The van der Waals surface area contributed by atoms with Crippen LogP contribution >= 0.6 is 31.9 Å². The molecule has 8 heavy (non-hydrogen) atoms. The third-order valence-corrected chi connectivity index (χ3v) is 2.20. The first-order chi connectivity index (χ1) is 3.55. The Bertz CT molecular complexity index is 74.5. The molecule has 0 saturated heterocycles. The molecule has 0 aliphatic rings. The fraction of sp³-hybridized carbons (Fsp3) is 0.667. The molecule has 2 atom stereocenters. The van der Waals surface area contributed by atoms with E-state index in [2.05, 4.69) is 52.3 Å². The third kappa shape index (κ3) is 2.88. The minimum absolute atomic E-state index is 0.414. The molecule has 0 saturated carbocycles. The van der Waals surface area contributed by atoms with Crippen molar-refractivity contribution >= 4 is 31.9 Å². The van der Waals surface area contributed by atoms with E-state index in [1.54, 1.807) is 0 Å². The van der Waals surface area contributed by atoms with Gasteiger partial charge in [0.25, 0.3) is 0 Å². The lowest BCUT2D eigenvalue weighted by Crippen LogP contribution is -2.03. The lowest BCUT2D eigenvalue weighted by molar-refractivity contribution is 1.04. The van der Waals surface area contributed by atoms with E-state index in [-0.39, 0.29) is 0 Å². The zero-order valence-electron chi connectivity index (χ0n) is 5.12. The first kappa shape index (κ1) is 8.70. The van der Waals surface area contributed by atoms with Gasteiger partial charge in [-0.1, -0.05) is 44.0 Å². The molecule has 0 aliphatic heterocycles. The Balaban J connectivity index is 3.65. The molecular formula is C6H10Br2. The van der Waals surface area contributed by atoms with Crippen LogP contribution in [-0.2, 0) is 0 Å². The molecule has 0 aliphatic carbocycles. The highest BCUT2D eigenvalue weighted by molar-refractivity contribution is 9.10. The molecule has 0 rings (SSSR count). The lowest BCUT2D eigenvalue weighted by atomic mass is 10.2. The first-order valence-corrected chi connectivity index (χ1v) is 4.35. The Labute approximate surface area is 67.6 Å². The largest absolute Gasteiger partial charge is 0.0976 e. The summed E-state index contributed by atoms with van der Waals surface area (Å²) in [5.41, 5.74) is 1.19. The smallest absolute Gasteiger partial charge is 0.0334 e. The van der Waals surface area contributed by atoms with Crippen molar-refractivity contribution in [2.75, 3.05) is 0 Å². The first-order valence-electron chi connectivity index (χ1n) is 2.52. The van der Waals surface area contributed by atoms with E-state index in [1.807, 2.05) is 0 Å². The van der Waals surface area contributed by atoms with Gasteiger partial charge in [0.15, 0.2) is 0 Å². The molecule has 0 radical (unpaired) electrons. The Morgan fingerprint density at radius 2 is 1.50 bits per heavy atom. The topological polar surface area (TPSA) is 0 Å². The summed E-state index contributed by atoms with van der Waals surface area (Å²) in [6.45, 7) is 8.00. The van der Waals surface area contributed by atoms with Crippen LogP contribution in [0.15, 0.2) is 12.2 Å². The molecule has 0 nitrogen and oxygen atoms in total. The van der Waals surface area contributed by atoms with Crippen LogP contribution in [0.2, 0.25) is 0 Å². The molecule has 0 aromatic heterocycles. The second-order valence-corrected chi connectivity index (χ2v) is 4.55.